The van der Waals surface area contributed by atoms with Crippen LogP contribution in [-0.2, 0) is 17.8 Å². The number of fused-ring (bicyclic) bond motifs is 1. The fourth-order valence-corrected chi connectivity index (χ4v) is 5.33. The van der Waals surface area contributed by atoms with Crippen molar-refractivity contribution in [1.29, 1.82) is 0 Å². The van der Waals surface area contributed by atoms with E-state index in [1.807, 2.05) is 18.2 Å². The van der Waals surface area contributed by atoms with E-state index in [0.717, 1.165) is 34.7 Å². The number of carbonyl (C=O) groups excluding carboxylic acids is 1. The molecular weight excluding hydrogens is 384 g/mol. The molecule has 7 heteroatoms. The number of thiazole rings is 1. The second-order valence-electron chi connectivity index (χ2n) is 8.44. The number of piperidine rings is 1. The SMILES string of the molecule is O=C(Cc1ccc2scnc2c1)Cn1nc(N2CCCC3(CCC3)C2)ccc1=O. The summed E-state index contributed by atoms with van der Waals surface area (Å²) in [6, 6.07) is 9.24. The van der Waals surface area contributed by atoms with E-state index in [-0.39, 0.29) is 24.3 Å². The van der Waals surface area contributed by atoms with Crippen LogP contribution in [0.5, 0.6) is 0 Å². The van der Waals surface area contributed by atoms with E-state index in [1.165, 1.54) is 36.8 Å². The van der Waals surface area contributed by atoms with Crippen LogP contribution >= 0.6 is 11.3 Å². The van der Waals surface area contributed by atoms with Gasteiger partial charge in [0.05, 0.1) is 15.7 Å². The third kappa shape index (κ3) is 3.71. The molecule has 3 heterocycles. The predicted octanol–water partition coefficient (Wildman–Crippen LogP) is 3.44. The van der Waals surface area contributed by atoms with Gasteiger partial charge in [-0.1, -0.05) is 12.5 Å². The third-order valence-electron chi connectivity index (χ3n) is 6.37. The minimum Gasteiger partial charge on any atom is -0.355 e. The first kappa shape index (κ1) is 18.5. The normalized spacial score (nSPS) is 18.1. The second-order valence-corrected chi connectivity index (χ2v) is 9.32. The Bertz CT molecular complexity index is 1120. The molecule has 1 saturated carbocycles. The number of ketones is 1. The van der Waals surface area contributed by atoms with Crippen LogP contribution in [-0.4, -0.2) is 33.6 Å². The van der Waals surface area contributed by atoms with E-state index >= 15 is 0 Å². The molecule has 3 aromatic rings. The molecule has 29 heavy (non-hydrogen) atoms. The average molecular weight is 409 g/mol. The van der Waals surface area contributed by atoms with Crippen LogP contribution in [0, 0.1) is 5.41 Å². The number of nitrogens with zero attached hydrogens (tertiary/aromatic N) is 4. The molecule has 0 bridgehead atoms. The summed E-state index contributed by atoms with van der Waals surface area (Å²) in [4.78, 5) is 31.5. The molecule has 1 aliphatic heterocycles. The molecule has 150 valence electrons. The van der Waals surface area contributed by atoms with Crippen LogP contribution in [0.3, 0.4) is 0 Å². The van der Waals surface area contributed by atoms with Gasteiger partial charge in [0.2, 0.25) is 0 Å². The number of carbonyl (C=O) groups is 1. The van der Waals surface area contributed by atoms with Gasteiger partial charge in [-0.2, -0.15) is 5.10 Å². The topological polar surface area (TPSA) is 68.1 Å². The van der Waals surface area contributed by atoms with Crippen LogP contribution in [0.1, 0.15) is 37.7 Å². The van der Waals surface area contributed by atoms with Crippen molar-refractivity contribution in [3.05, 3.63) is 51.8 Å². The Balaban J connectivity index is 1.30. The largest absolute Gasteiger partial charge is 0.355 e. The van der Waals surface area contributed by atoms with Gasteiger partial charge in [0, 0.05) is 25.6 Å². The lowest BCUT2D eigenvalue weighted by Gasteiger charge is -2.49. The molecule has 2 fully saturated rings. The van der Waals surface area contributed by atoms with Crippen molar-refractivity contribution in [2.45, 2.75) is 45.1 Å². The molecule has 0 atom stereocenters. The summed E-state index contributed by atoms with van der Waals surface area (Å²) in [7, 11) is 0. The van der Waals surface area contributed by atoms with Gasteiger partial charge in [-0.3, -0.25) is 9.59 Å². The molecule has 2 aliphatic rings. The highest BCUT2D eigenvalue weighted by Crippen LogP contribution is 2.47. The van der Waals surface area contributed by atoms with Crippen molar-refractivity contribution in [3.63, 3.8) is 0 Å². The van der Waals surface area contributed by atoms with Crippen LogP contribution in [0.15, 0.2) is 40.6 Å². The fourth-order valence-electron chi connectivity index (χ4n) is 4.67. The van der Waals surface area contributed by atoms with Crippen LogP contribution in [0.25, 0.3) is 10.2 Å². The van der Waals surface area contributed by atoms with Crippen molar-refractivity contribution in [3.8, 4) is 0 Å². The summed E-state index contributed by atoms with van der Waals surface area (Å²) in [6.45, 7) is 1.98. The molecule has 1 aliphatic carbocycles. The number of aromatic nitrogens is 3. The number of hydrogen-bond acceptors (Lipinski definition) is 6. The lowest BCUT2D eigenvalue weighted by atomic mass is 9.64. The van der Waals surface area contributed by atoms with Gasteiger partial charge in [-0.05, 0) is 54.9 Å². The van der Waals surface area contributed by atoms with Crippen molar-refractivity contribution in [2.24, 2.45) is 5.41 Å². The molecule has 1 aromatic carbocycles. The number of hydrogen-bond donors (Lipinski definition) is 0. The van der Waals surface area contributed by atoms with E-state index in [9.17, 15) is 9.59 Å². The highest BCUT2D eigenvalue weighted by atomic mass is 32.1. The zero-order valence-electron chi connectivity index (χ0n) is 16.3. The van der Waals surface area contributed by atoms with Crippen molar-refractivity contribution < 1.29 is 4.79 Å². The van der Waals surface area contributed by atoms with Gasteiger partial charge >= 0.3 is 0 Å². The van der Waals surface area contributed by atoms with E-state index in [1.54, 1.807) is 29.0 Å². The van der Waals surface area contributed by atoms with Gasteiger partial charge in [0.1, 0.15) is 12.4 Å². The highest BCUT2D eigenvalue weighted by molar-refractivity contribution is 7.16. The van der Waals surface area contributed by atoms with Crippen molar-refractivity contribution in [1.82, 2.24) is 14.8 Å². The van der Waals surface area contributed by atoms with Gasteiger partial charge in [0.15, 0.2) is 5.78 Å². The smallest absolute Gasteiger partial charge is 0.267 e. The molecule has 0 amide bonds. The maximum absolute atomic E-state index is 12.6. The van der Waals surface area contributed by atoms with Crippen LogP contribution in [0.4, 0.5) is 5.82 Å². The van der Waals surface area contributed by atoms with Gasteiger partial charge < -0.3 is 4.90 Å². The summed E-state index contributed by atoms with van der Waals surface area (Å²) in [5, 5.41) is 4.54. The Morgan fingerprint density at radius 2 is 2.00 bits per heavy atom. The summed E-state index contributed by atoms with van der Waals surface area (Å²) in [5.74, 6) is 0.785. The summed E-state index contributed by atoms with van der Waals surface area (Å²) < 4.78 is 2.43. The van der Waals surface area contributed by atoms with E-state index in [2.05, 4.69) is 15.0 Å². The predicted molar refractivity (Wildman–Crippen MR) is 115 cm³/mol. The molecule has 0 radical (unpaired) electrons. The maximum atomic E-state index is 12.6. The zero-order chi connectivity index (χ0) is 19.8. The lowest BCUT2D eigenvalue weighted by molar-refractivity contribution is -0.119. The first-order valence-electron chi connectivity index (χ1n) is 10.3. The second kappa shape index (κ2) is 7.37. The quantitative estimate of drug-likeness (QED) is 0.647. The lowest BCUT2D eigenvalue weighted by Crippen LogP contribution is -2.47. The Morgan fingerprint density at radius 3 is 2.83 bits per heavy atom. The third-order valence-corrected chi connectivity index (χ3v) is 7.18. The van der Waals surface area contributed by atoms with Gasteiger partial charge in [-0.25, -0.2) is 9.67 Å². The number of rotatable bonds is 5. The first-order valence-corrected chi connectivity index (χ1v) is 11.2. The van der Waals surface area contributed by atoms with E-state index < -0.39 is 0 Å². The zero-order valence-corrected chi connectivity index (χ0v) is 17.2. The first-order chi connectivity index (χ1) is 14.1. The molecule has 6 nitrogen and oxygen atoms in total. The summed E-state index contributed by atoms with van der Waals surface area (Å²) >= 11 is 1.58. The average Bonchev–Trinajstić information content (AvgIpc) is 3.16. The van der Waals surface area contributed by atoms with Crippen molar-refractivity contribution in [2.75, 3.05) is 18.0 Å². The van der Waals surface area contributed by atoms with Crippen molar-refractivity contribution >= 4 is 33.2 Å². The van der Waals surface area contributed by atoms with E-state index in [0.29, 0.717) is 5.41 Å². The monoisotopic (exact) mass is 408 g/mol. The number of anilines is 1. The van der Waals surface area contributed by atoms with Crippen LogP contribution in [0.2, 0.25) is 0 Å². The van der Waals surface area contributed by atoms with E-state index in [4.69, 9.17) is 0 Å². The molecule has 1 spiro atoms. The Hall–Kier alpha value is -2.54. The molecule has 0 unspecified atom stereocenters. The highest BCUT2D eigenvalue weighted by Gasteiger charge is 2.40. The Morgan fingerprint density at radius 1 is 1.14 bits per heavy atom. The summed E-state index contributed by atoms with van der Waals surface area (Å²) in [5.41, 5.74) is 3.85. The van der Waals surface area contributed by atoms with Gasteiger partial charge in [0.25, 0.3) is 5.56 Å². The molecule has 1 saturated heterocycles. The molecule has 2 aromatic heterocycles. The molecular formula is C22H24N4O2S. The Labute approximate surface area is 173 Å². The fraction of sp³-hybridized carbons (Fsp3) is 0.455. The molecule has 0 N–H and O–H groups in total. The Kier molecular flexibility index (Phi) is 4.70. The summed E-state index contributed by atoms with van der Waals surface area (Å²) in [6.07, 6.45) is 6.65. The molecule has 5 rings (SSSR count). The number of Topliss-reactive ketones (excluding diaryl/α,β-unsaturated/α-hetero) is 1. The number of benzene rings is 1. The van der Waals surface area contributed by atoms with Crippen LogP contribution < -0.4 is 10.5 Å². The maximum Gasteiger partial charge on any atom is 0.267 e. The minimum absolute atomic E-state index is 0.000753. The minimum atomic E-state index is -0.229. The van der Waals surface area contributed by atoms with Gasteiger partial charge in [-0.15, -0.1) is 11.3 Å². The standard InChI is InChI=1S/C22H24N4O2S/c27-17(11-16-3-4-19-18(12-16)23-15-29-19)13-26-21(28)6-5-20(24-26)25-10-2-9-22(14-25)7-1-8-22/h3-6,12,15H,1-2,7-11,13-14H2.